The first-order valence-electron chi connectivity index (χ1n) is 7.26. The van der Waals surface area contributed by atoms with E-state index in [1.807, 2.05) is 24.3 Å². The Morgan fingerprint density at radius 1 is 1.46 bits per heavy atom. The number of carbonyl (C=O) groups excluding carboxylic acids is 1. The molecular weight excluding hydrogens is 328 g/mol. The molecule has 0 fully saturated rings. The Labute approximate surface area is 142 Å². The van der Waals surface area contributed by atoms with Crippen LogP contribution in [0.15, 0.2) is 36.8 Å². The van der Waals surface area contributed by atoms with E-state index in [9.17, 15) is 4.79 Å². The van der Waals surface area contributed by atoms with Crippen molar-refractivity contribution in [1.82, 2.24) is 30.5 Å². The molecule has 2 heterocycles. The molecule has 0 spiro atoms. The van der Waals surface area contributed by atoms with Crippen molar-refractivity contribution in [3.05, 3.63) is 41.7 Å². The van der Waals surface area contributed by atoms with Crippen molar-refractivity contribution >= 4 is 17.2 Å². The fourth-order valence-corrected chi connectivity index (χ4v) is 2.92. The van der Waals surface area contributed by atoms with Crippen molar-refractivity contribution in [3.8, 4) is 16.3 Å². The zero-order chi connectivity index (χ0) is 16.9. The second kappa shape index (κ2) is 7.18. The van der Waals surface area contributed by atoms with Gasteiger partial charge < -0.3 is 10.1 Å². The van der Waals surface area contributed by atoms with Crippen molar-refractivity contribution in [3.63, 3.8) is 0 Å². The third-order valence-corrected chi connectivity index (χ3v) is 4.49. The molecule has 9 heteroatoms. The lowest BCUT2D eigenvalue weighted by molar-refractivity contribution is -0.124. The van der Waals surface area contributed by atoms with Crippen LogP contribution in [0.25, 0.3) is 10.6 Å². The van der Waals surface area contributed by atoms with Crippen molar-refractivity contribution < 1.29 is 9.53 Å². The summed E-state index contributed by atoms with van der Waals surface area (Å²) in [6.07, 6.45) is 3.18. The van der Waals surface area contributed by atoms with E-state index < -0.39 is 6.04 Å². The molecule has 0 saturated carbocycles. The van der Waals surface area contributed by atoms with Gasteiger partial charge in [-0.1, -0.05) is 12.1 Å². The minimum absolute atomic E-state index is 0.154. The van der Waals surface area contributed by atoms with E-state index in [1.54, 1.807) is 20.2 Å². The maximum Gasteiger partial charge on any atom is 0.245 e. The average Bonchev–Trinajstić information content (AvgIpc) is 3.30. The van der Waals surface area contributed by atoms with E-state index in [4.69, 9.17) is 4.74 Å². The third kappa shape index (κ3) is 3.57. The maximum atomic E-state index is 12.1. The van der Waals surface area contributed by atoms with Crippen molar-refractivity contribution in [1.29, 1.82) is 0 Å². The molecule has 1 amide bonds. The zero-order valence-electron chi connectivity index (χ0n) is 13.2. The zero-order valence-corrected chi connectivity index (χ0v) is 14.0. The molecule has 3 aromatic rings. The number of hydrogen-bond donors (Lipinski definition) is 1. The van der Waals surface area contributed by atoms with Gasteiger partial charge in [-0.3, -0.25) is 4.79 Å². The first-order chi connectivity index (χ1) is 11.7. The normalized spacial score (nSPS) is 11.9. The SMILES string of the molecule is COc1cccc(-c2ncc(CNC(=O)[C@H](C)n3cnnn3)s2)c1. The number of hydrogen-bond acceptors (Lipinski definition) is 7. The lowest BCUT2D eigenvalue weighted by Crippen LogP contribution is -2.30. The highest BCUT2D eigenvalue weighted by molar-refractivity contribution is 7.15. The summed E-state index contributed by atoms with van der Waals surface area (Å²) in [6.45, 7) is 2.15. The van der Waals surface area contributed by atoms with Gasteiger partial charge >= 0.3 is 0 Å². The molecule has 124 valence electrons. The summed E-state index contributed by atoms with van der Waals surface area (Å²) in [7, 11) is 1.63. The highest BCUT2D eigenvalue weighted by atomic mass is 32.1. The maximum absolute atomic E-state index is 12.1. The van der Waals surface area contributed by atoms with E-state index in [1.165, 1.54) is 22.3 Å². The van der Waals surface area contributed by atoms with Crippen LogP contribution in [0.5, 0.6) is 5.75 Å². The Morgan fingerprint density at radius 2 is 2.33 bits per heavy atom. The number of nitrogens with one attached hydrogen (secondary N) is 1. The fraction of sp³-hybridized carbons (Fsp3) is 0.267. The molecule has 0 unspecified atom stereocenters. The number of thiazole rings is 1. The van der Waals surface area contributed by atoms with E-state index in [0.717, 1.165) is 21.2 Å². The van der Waals surface area contributed by atoms with E-state index in [0.29, 0.717) is 6.54 Å². The molecule has 3 rings (SSSR count). The number of carbonyl (C=O) groups is 1. The molecule has 0 bridgehead atoms. The van der Waals surface area contributed by atoms with Gasteiger partial charge in [0, 0.05) is 16.6 Å². The van der Waals surface area contributed by atoms with Crippen molar-refractivity contribution in [2.75, 3.05) is 7.11 Å². The monoisotopic (exact) mass is 344 g/mol. The van der Waals surface area contributed by atoms with Crippen molar-refractivity contribution in [2.45, 2.75) is 19.5 Å². The third-order valence-electron chi connectivity index (χ3n) is 3.45. The molecule has 24 heavy (non-hydrogen) atoms. The van der Waals surface area contributed by atoms with Crippen LogP contribution in [0.1, 0.15) is 17.8 Å². The van der Waals surface area contributed by atoms with Gasteiger partial charge in [-0.05, 0) is 29.5 Å². The number of methoxy groups -OCH3 is 1. The summed E-state index contributed by atoms with van der Waals surface area (Å²) in [5.74, 6) is 0.631. The summed E-state index contributed by atoms with van der Waals surface area (Å²) < 4.78 is 6.63. The van der Waals surface area contributed by atoms with Crippen LogP contribution >= 0.6 is 11.3 Å². The molecule has 8 nitrogen and oxygen atoms in total. The van der Waals surface area contributed by atoms with Crippen LogP contribution in [0.3, 0.4) is 0 Å². The summed E-state index contributed by atoms with van der Waals surface area (Å²) >= 11 is 1.53. The van der Waals surface area contributed by atoms with Crippen LogP contribution in [0.4, 0.5) is 0 Å². The van der Waals surface area contributed by atoms with Crippen LogP contribution < -0.4 is 10.1 Å². The van der Waals surface area contributed by atoms with Gasteiger partial charge in [-0.25, -0.2) is 9.67 Å². The second-order valence-electron chi connectivity index (χ2n) is 5.05. The van der Waals surface area contributed by atoms with Gasteiger partial charge in [0.2, 0.25) is 5.91 Å². The largest absolute Gasteiger partial charge is 0.497 e. The number of nitrogens with zero attached hydrogens (tertiary/aromatic N) is 5. The van der Waals surface area contributed by atoms with Crippen LogP contribution in [-0.4, -0.2) is 38.2 Å². The average molecular weight is 344 g/mol. The number of aromatic nitrogens is 5. The van der Waals surface area contributed by atoms with Crippen LogP contribution in [0.2, 0.25) is 0 Å². The minimum atomic E-state index is -0.467. The molecule has 1 N–H and O–H groups in total. The summed E-state index contributed by atoms with van der Waals surface area (Å²) in [5.41, 5.74) is 0.985. The first kappa shape index (κ1) is 16.1. The Bertz CT molecular complexity index is 817. The molecule has 0 aliphatic carbocycles. The molecule has 0 radical (unpaired) electrons. The molecule has 1 atom stereocenters. The van der Waals surface area contributed by atoms with Gasteiger partial charge in [-0.15, -0.1) is 16.4 Å². The van der Waals surface area contributed by atoms with E-state index in [2.05, 4.69) is 25.8 Å². The smallest absolute Gasteiger partial charge is 0.245 e. The predicted molar refractivity (Wildman–Crippen MR) is 88.5 cm³/mol. The van der Waals surface area contributed by atoms with Crippen molar-refractivity contribution in [2.24, 2.45) is 0 Å². The highest BCUT2D eigenvalue weighted by Gasteiger charge is 2.16. The number of benzene rings is 1. The molecule has 0 aliphatic heterocycles. The first-order valence-corrected chi connectivity index (χ1v) is 8.08. The summed E-state index contributed by atoms with van der Waals surface area (Å²) in [6, 6.07) is 7.25. The lowest BCUT2D eigenvalue weighted by Gasteiger charge is -2.10. The van der Waals surface area contributed by atoms with Crippen LogP contribution in [0, 0.1) is 0 Å². The molecule has 1 aromatic carbocycles. The Hall–Kier alpha value is -2.81. The highest BCUT2D eigenvalue weighted by Crippen LogP contribution is 2.27. The second-order valence-corrected chi connectivity index (χ2v) is 6.16. The van der Waals surface area contributed by atoms with E-state index in [-0.39, 0.29) is 5.91 Å². The minimum Gasteiger partial charge on any atom is -0.497 e. The number of ether oxygens (including phenoxy) is 1. The quantitative estimate of drug-likeness (QED) is 0.731. The fourth-order valence-electron chi connectivity index (χ4n) is 2.07. The van der Waals surface area contributed by atoms with Gasteiger partial charge in [0.1, 0.15) is 23.1 Å². The molecular formula is C15H16N6O2S. The standard InChI is InChI=1S/C15H16N6O2S/c1-10(21-9-18-19-20-21)14(22)16-7-13-8-17-15(24-13)11-4-3-5-12(6-11)23-2/h3-6,8-10H,7H2,1-2H3,(H,16,22)/t10-/m0/s1. The molecule has 0 aliphatic rings. The van der Waals surface area contributed by atoms with Gasteiger partial charge in [0.05, 0.1) is 13.7 Å². The van der Waals surface area contributed by atoms with Gasteiger partial charge in [0.15, 0.2) is 0 Å². The molecule has 0 saturated heterocycles. The predicted octanol–water partition coefficient (Wildman–Crippen LogP) is 1.68. The Morgan fingerprint density at radius 3 is 3.08 bits per heavy atom. The summed E-state index contributed by atoms with van der Waals surface area (Å²) in [4.78, 5) is 17.5. The number of tetrazole rings is 1. The van der Waals surface area contributed by atoms with Crippen LogP contribution in [-0.2, 0) is 11.3 Å². The molecule has 2 aromatic heterocycles. The lowest BCUT2D eigenvalue weighted by atomic mass is 10.2. The topological polar surface area (TPSA) is 94.8 Å². The number of amides is 1. The number of rotatable bonds is 6. The van der Waals surface area contributed by atoms with E-state index >= 15 is 0 Å². The Balaban J connectivity index is 1.63. The summed E-state index contributed by atoms with van der Waals surface area (Å²) in [5, 5.41) is 14.5. The van der Waals surface area contributed by atoms with Gasteiger partial charge in [-0.2, -0.15) is 0 Å². The van der Waals surface area contributed by atoms with Gasteiger partial charge in [0.25, 0.3) is 0 Å². The Kier molecular flexibility index (Phi) is 4.80.